The Balaban J connectivity index is 1.93. The van der Waals surface area contributed by atoms with Crippen molar-refractivity contribution in [3.63, 3.8) is 0 Å². The summed E-state index contributed by atoms with van der Waals surface area (Å²) in [5, 5.41) is 0. The Kier molecular flexibility index (Phi) is 6.14. The van der Waals surface area contributed by atoms with Crippen LogP contribution in [0.5, 0.6) is 0 Å². The monoisotopic (exact) mass is 435 g/mol. The molecule has 3 atom stereocenters. The van der Waals surface area contributed by atoms with E-state index < -0.39 is 10.8 Å². The number of esters is 1. The standard InChI is InChI=1S/C20H22BrNO3S/c1-25-20(23)18-12-14(10-11-22(18)16-6-4-3-5-7-16)17-13-15(21)8-9-19(17)26(2)24/h3-9,13-14,18H,10-12H2,1-2H3. The number of methoxy groups -OCH3 is 1. The van der Waals surface area contributed by atoms with Crippen LogP contribution in [0.25, 0.3) is 0 Å². The van der Waals surface area contributed by atoms with Gasteiger partial charge in [0.25, 0.3) is 0 Å². The molecule has 1 aliphatic rings. The van der Waals surface area contributed by atoms with E-state index in [4.69, 9.17) is 4.74 Å². The van der Waals surface area contributed by atoms with E-state index in [1.807, 2.05) is 48.5 Å². The molecule has 6 heteroatoms. The van der Waals surface area contributed by atoms with Gasteiger partial charge in [-0.1, -0.05) is 34.1 Å². The summed E-state index contributed by atoms with van der Waals surface area (Å²) in [5.74, 6) is -0.0665. The van der Waals surface area contributed by atoms with Crippen molar-refractivity contribution in [3.05, 3.63) is 58.6 Å². The van der Waals surface area contributed by atoms with Crippen molar-refractivity contribution in [2.75, 3.05) is 24.8 Å². The van der Waals surface area contributed by atoms with Crippen LogP contribution >= 0.6 is 15.9 Å². The molecule has 0 amide bonds. The van der Waals surface area contributed by atoms with E-state index in [0.717, 1.165) is 33.6 Å². The first-order valence-corrected chi connectivity index (χ1v) is 10.9. The van der Waals surface area contributed by atoms with Gasteiger partial charge in [-0.3, -0.25) is 4.21 Å². The lowest BCUT2D eigenvalue weighted by Crippen LogP contribution is -2.47. The van der Waals surface area contributed by atoms with E-state index in [-0.39, 0.29) is 17.9 Å². The Morgan fingerprint density at radius 3 is 2.62 bits per heavy atom. The van der Waals surface area contributed by atoms with Gasteiger partial charge < -0.3 is 9.64 Å². The van der Waals surface area contributed by atoms with Gasteiger partial charge in [-0.05, 0) is 54.7 Å². The number of carbonyl (C=O) groups is 1. The zero-order chi connectivity index (χ0) is 18.7. The van der Waals surface area contributed by atoms with E-state index in [1.54, 1.807) is 6.26 Å². The highest BCUT2D eigenvalue weighted by Gasteiger charge is 2.36. The minimum absolute atomic E-state index is 0.162. The summed E-state index contributed by atoms with van der Waals surface area (Å²) in [6.45, 7) is 0.747. The molecular formula is C20H22BrNO3S. The van der Waals surface area contributed by atoms with Gasteiger partial charge in [-0.2, -0.15) is 0 Å². The van der Waals surface area contributed by atoms with Crippen molar-refractivity contribution in [1.29, 1.82) is 0 Å². The third-order valence-corrected chi connectivity index (χ3v) is 6.37. The molecule has 0 aromatic heterocycles. The van der Waals surface area contributed by atoms with Crippen LogP contribution in [0.2, 0.25) is 0 Å². The highest BCUT2D eigenvalue weighted by atomic mass is 79.9. The maximum Gasteiger partial charge on any atom is 0.328 e. The van der Waals surface area contributed by atoms with Gasteiger partial charge in [-0.15, -0.1) is 0 Å². The lowest BCUT2D eigenvalue weighted by Gasteiger charge is -2.40. The SMILES string of the molecule is COC(=O)C1CC(c2cc(Br)ccc2S(C)=O)CCN1c1ccccc1. The van der Waals surface area contributed by atoms with Crippen molar-refractivity contribution in [2.45, 2.75) is 29.7 Å². The summed E-state index contributed by atoms with van der Waals surface area (Å²) in [7, 11) is 0.362. The number of anilines is 1. The second-order valence-electron chi connectivity index (χ2n) is 6.43. The smallest absolute Gasteiger partial charge is 0.328 e. The van der Waals surface area contributed by atoms with E-state index >= 15 is 0 Å². The number of hydrogen-bond donors (Lipinski definition) is 0. The molecule has 0 radical (unpaired) electrons. The average Bonchev–Trinajstić information content (AvgIpc) is 2.67. The molecule has 26 heavy (non-hydrogen) atoms. The quantitative estimate of drug-likeness (QED) is 0.677. The first-order chi connectivity index (χ1) is 12.5. The molecule has 138 valence electrons. The van der Waals surface area contributed by atoms with Crippen LogP contribution in [-0.2, 0) is 20.3 Å². The van der Waals surface area contributed by atoms with Crippen molar-refractivity contribution in [3.8, 4) is 0 Å². The molecule has 2 aromatic rings. The second kappa shape index (κ2) is 8.35. The third kappa shape index (κ3) is 4.01. The second-order valence-corrected chi connectivity index (χ2v) is 8.69. The number of halogens is 1. The van der Waals surface area contributed by atoms with Gasteiger partial charge in [0.1, 0.15) is 6.04 Å². The van der Waals surface area contributed by atoms with E-state index in [1.165, 1.54) is 7.11 Å². The Hall–Kier alpha value is -1.66. The first kappa shape index (κ1) is 19.1. The van der Waals surface area contributed by atoms with Gasteiger partial charge in [-0.25, -0.2) is 4.79 Å². The molecule has 0 aliphatic carbocycles. The fraction of sp³-hybridized carbons (Fsp3) is 0.350. The molecule has 1 fully saturated rings. The van der Waals surface area contributed by atoms with Crippen molar-refractivity contribution < 1.29 is 13.7 Å². The molecule has 0 saturated carbocycles. The fourth-order valence-electron chi connectivity index (χ4n) is 3.64. The Labute approximate surface area is 165 Å². The Morgan fingerprint density at radius 2 is 1.96 bits per heavy atom. The number of ether oxygens (including phenoxy) is 1. The zero-order valence-corrected chi connectivity index (χ0v) is 17.3. The number of nitrogens with zero attached hydrogens (tertiary/aromatic N) is 1. The van der Waals surface area contributed by atoms with Crippen LogP contribution in [-0.4, -0.2) is 36.1 Å². The van der Waals surface area contributed by atoms with Crippen LogP contribution in [0.15, 0.2) is 57.9 Å². The van der Waals surface area contributed by atoms with Crippen molar-refractivity contribution in [2.24, 2.45) is 0 Å². The number of rotatable bonds is 4. The maximum absolute atomic E-state index is 12.5. The third-order valence-electron chi connectivity index (χ3n) is 4.88. The van der Waals surface area contributed by atoms with Gasteiger partial charge in [0, 0.05) is 27.9 Å². The Morgan fingerprint density at radius 1 is 1.23 bits per heavy atom. The molecule has 1 aliphatic heterocycles. The fourth-order valence-corrected chi connectivity index (χ4v) is 4.83. The number of carbonyl (C=O) groups excluding carboxylic acids is 1. The predicted octanol–water partition coefficient (Wildman–Crippen LogP) is 4.11. The molecule has 1 heterocycles. The molecule has 0 spiro atoms. The van der Waals surface area contributed by atoms with Crippen molar-refractivity contribution in [1.82, 2.24) is 0 Å². The van der Waals surface area contributed by atoms with Crippen LogP contribution in [0.4, 0.5) is 5.69 Å². The normalized spacial score (nSPS) is 21.3. The van der Waals surface area contributed by atoms with E-state index in [9.17, 15) is 9.00 Å². The van der Waals surface area contributed by atoms with Crippen LogP contribution in [0.3, 0.4) is 0 Å². The summed E-state index contributed by atoms with van der Waals surface area (Å²) >= 11 is 3.52. The Bertz CT molecular complexity index is 812. The van der Waals surface area contributed by atoms with E-state index in [0.29, 0.717) is 6.42 Å². The summed E-state index contributed by atoms with van der Waals surface area (Å²) in [5.41, 5.74) is 2.08. The summed E-state index contributed by atoms with van der Waals surface area (Å²) in [6, 6.07) is 15.5. The largest absolute Gasteiger partial charge is 0.467 e. The lowest BCUT2D eigenvalue weighted by molar-refractivity contribution is -0.142. The zero-order valence-electron chi connectivity index (χ0n) is 14.9. The topological polar surface area (TPSA) is 46.6 Å². The molecule has 2 aromatic carbocycles. The van der Waals surface area contributed by atoms with Crippen LogP contribution in [0.1, 0.15) is 24.3 Å². The lowest BCUT2D eigenvalue weighted by atomic mass is 9.85. The van der Waals surface area contributed by atoms with Gasteiger partial charge in [0.05, 0.1) is 17.9 Å². The number of benzene rings is 2. The van der Waals surface area contributed by atoms with Gasteiger partial charge >= 0.3 is 5.97 Å². The van der Waals surface area contributed by atoms with Crippen molar-refractivity contribution >= 4 is 38.4 Å². The number of para-hydroxylation sites is 1. The number of piperidine rings is 1. The first-order valence-electron chi connectivity index (χ1n) is 8.53. The summed E-state index contributed by atoms with van der Waals surface area (Å²) in [4.78, 5) is 15.4. The van der Waals surface area contributed by atoms with Crippen LogP contribution < -0.4 is 4.90 Å². The minimum atomic E-state index is -1.07. The van der Waals surface area contributed by atoms with E-state index in [2.05, 4.69) is 20.8 Å². The number of hydrogen-bond acceptors (Lipinski definition) is 4. The molecule has 3 unspecified atom stereocenters. The predicted molar refractivity (Wildman–Crippen MR) is 108 cm³/mol. The molecule has 1 saturated heterocycles. The summed E-state index contributed by atoms with van der Waals surface area (Å²) in [6.07, 6.45) is 3.23. The highest BCUT2D eigenvalue weighted by molar-refractivity contribution is 9.10. The molecule has 4 nitrogen and oxygen atoms in total. The van der Waals surface area contributed by atoms with Gasteiger partial charge in [0.2, 0.25) is 0 Å². The molecular weight excluding hydrogens is 414 g/mol. The maximum atomic E-state index is 12.5. The molecule has 3 rings (SSSR count). The summed E-state index contributed by atoms with van der Waals surface area (Å²) < 4.78 is 18.2. The van der Waals surface area contributed by atoms with Crippen LogP contribution in [0, 0.1) is 0 Å². The van der Waals surface area contributed by atoms with Gasteiger partial charge in [0.15, 0.2) is 0 Å². The molecule has 0 N–H and O–H groups in total. The minimum Gasteiger partial charge on any atom is -0.467 e. The highest BCUT2D eigenvalue weighted by Crippen LogP contribution is 2.38. The average molecular weight is 436 g/mol. The molecule has 0 bridgehead atoms.